The van der Waals surface area contributed by atoms with E-state index < -0.39 is 54.3 Å². The number of rotatable bonds is 13. The molecule has 0 spiro atoms. The van der Waals surface area contributed by atoms with Crippen LogP contribution in [0.25, 0.3) is 0 Å². The van der Waals surface area contributed by atoms with Crippen molar-refractivity contribution in [2.24, 2.45) is 5.92 Å². The molecule has 4 atom stereocenters. The minimum absolute atomic E-state index is 0.0186. The SMILES string of the molecule is CC(C)CC(NC(=O)C1CCCN1)C(=O)NC(CC(=O)O)C(=O)NC(Cc1cnc[nH]1)C(=O)O. The number of nitrogens with one attached hydrogen (secondary N) is 5. The number of hydrogen-bond acceptors (Lipinski definition) is 7. The molecule has 0 radical (unpaired) electrons. The van der Waals surface area contributed by atoms with Gasteiger partial charge in [-0.3, -0.25) is 19.2 Å². The second-order valence-electron chi connectivity index (χ2n) is 8.68. The number of carboxylic acids is 2. The smallest absolute Gasteiger partial charge is 0.326 e. The number of imidazole rings is 1. The Morgan fingerprint density at radius 2 is 1.74 bits per heavy atom. The van der Waals surface area contributed by atoms with E-state index in [0.29, 0.717) is 18.7 Å². The van der Waals surface area contributed by atoms with Crippen LogP contribution in [-0.4, -0.2) is 80.6 Å². The fraction of sp³-hybridized carbons (Fsp3) is 0.619. The lowest BCUT2D eigenvalue weighted by Gasteiger charge is -2.25. The lowest BCUT2D eigenvalue weighted by atomic mass is 10.0. The predicted molar refractivity (Wildman–Crippen MR) is 118 cm³/mol. The van der Waals surface area contributed by atoms with E-state index in [1.807, 2.05) is 13.8 Å². The summed E-state index contributed by atoms with van der Waals surface area (Å²) in [6.07, 6.45) is 3.62. The van der Waals surface area contributed by atoms with Gasteiger partial charge in [-0.1, -0.05) is 13.8 Å². The summed E-state index contributed by atoms with van der Waals surface area (Å²) in [5.74, 6) is -4.71. The van der Waals surface area contributed by atoms with Crippen LogP contribution in [0.5, 0.6) is 0 Å². The summed E-state index contributed by atoms with van der Waals surface area (Å²) >= 11 is 0. The van der Waals surface area contributed by atoms with E-state index in [1.54, 1.807) is 0 Å². The normalized spacial score (nSPS) is 18.0. The summed E-state index contributed by atoms with van der Waals surface area (Å²) < 4.78 is 0. The molecule has 2 heterocycles. The summed E-state index contributed by atoms with van der Waals surface area (Å²) in [6, 6.07) is -4.32. The van der Waals surface area contributed by atoms with Crippen LogP contribution in [0.15, 0.2) is 12.5 Å². The van der Waals surface area contributed by atoms with Crippen molar-refractivity contribution in [3.05, 3.63) is 18.2 Å². The Morgan fingerprint density at radius 3 is 2.26 bits per heavy atom. The average Bonchev–Trinajstić information content (AvgIpc) is 3.45. The summed E-state index contributed by atoms with van der Waals surface area (Å²) in [4.78, 5) is 67.7. The highest BCUT2D eigenvalue weighted by Gasteiger charge is 2.33. The highest BCUT2D eigenvalue weighted by molar-refractivity contribution is 5.95. The molecule has 1 aromatic rings. The first-order valence-corrected chi connectivity index (χ1v) is 11.1. The number of nitrogens with zero attached hydrogens (tertiary/aromatic N) is 1. The fourth-order valence-corrected chi connectivity index (χ4v) is 3.63. The van der Waals surface area contributed by atoms with Crippen molar-refractivity contribution in [3.63, 3.8) is 0 Å². The molecule has 2 rings (SSSR count). The van der Waals surface area contributed by atoms with E-state index >= 15 is 0 Å². The lowest BCUT2D eigenvalue weighted by Crippen LogP contribution is -2.57. The van der Waals surface area contributed by atoms with Gasteiger partial charge in [-0.25, -0.2) is 9.78 Å². The molecular formula is C21H32N6O7. The number of H-pyrrole nitrogens is 1. The van der Waals surface area contributed by atoms with Crippen LogP contribution >= 0.6 is 0 Å². The summed E-state index contributed by atoms with van der Waals surface area (Å²) in [5.41, 5.74) is 0.451. The molecular weight excluding hydrogens is 448 g/mol. The molecule has 1 aliphatic rings. The molecule has 1 saturated heterocycles. The molecule has 0 aliphatic carbocycles. The highest BCUT2D eigenvalue weighted by Crippen LogP contribution is 2.10. The Morgan fingerprint density at radius 1 is 1.06 bits per heavy atom. The maximum Gasteiger partial charge on any atom is 0.326 e. The van der Waals surface area contributed by atoms with E-state index in [9.17, 15) is 34.2 Å². The maximum absolute atomic E-state index is 13.0. The van der Waals surface area contributed by atoms with Crippen LogP contribution in [0, 0.1) is 5.92 Å². The van der Waals surface area contributed by atoms with Crippen LogP contribution in [0.1, 0.15) is 45.2 Å². The molecule has 13 nitrogen and oxygen atoms in total. The minimum Gasteiger partial charge on any atom is -0.481 e. The van der Waals surface area contributed by atoms with Crippen molar-refractivity contribution in [2.45, 2.75) is 70.1 Å². The molecule has 34 heavy (non-hydrogen) atoms. The van der Waals surface area contributed by atoms with Gasteiger partial charge < -0.3 is 36.5 Å². The van der Waals surface area contributed by atoms with E-state index in [2.05, 4.69) is 31.2 Å². The first-order chi connectivity index (χ1) is 16.1. The van der Waals surface area contributed by atoms with Crippen molar-refractivity contribution in [1.82, 2.24) is 31.2 Å². The van der Waals surface area contributed by atoms with Crippen LogP contribution in [0.4, 0.5) is 0 Å². The van der Waals surface area contributed by atoms with Crippen molar-refractivity contribution >= 4 is 29.7 Å². The van der Waals surface area contributed by atoms with Gasteiger partial charge in [0.25, 0.3) is 0 Å². The fourth-order valence-electron chi connectivity index (χ4n) is 3.63. The standard InChI is InChI=1S/C21H32N6O7/c1-11(2)6-14(25-18(30)13-4-3-5-23-13)19(31)26-15(8-17(28)29)20(32)27-16(21(33)34)7-12-9-22-10-24-12/h9-11,13-16,23H,3-8H2,1-2H3,(H,22,24)(H,25,30)(H,26,31)(H,27,32)(H,28,29)(H,33,34). The molecule has 3 amide bonds. The number of carboxylic acid groups (broad SMARTS) is 2. The largest absolute Gasteiger partial charge is 0.481 e. The van der Waals surface area contributed by atoms with Gasteiger partial charge in [-0.2, -0.15) is 0 Å². The molecule has 0 aromatic carbocycles. The summed E-state index contributed by atoms with van der Waals surface area (Å²) in [6.45, 7) is 4.41. The van der Waals surface area contributed by atoms with Gasteiger partial charge in [0.15, 0.2) is 0 Å². The Kier molecular flexibility index (Phi) is 9.98. The lowest BCUT2D eigenvalue weighted by molar-refractivity contribution is -0.143. The Labute approximate surface area is 196 Å². The zero-order valence-electron chi connectivity index (χ0n) is 19.2. The van der Waals surface area contributed by atoms with Crippen molar-refractivity contribution in [1.29, 1.82) is 0 Å². The average molecular weight is 481 g/mol. The van der Waals surface area contributed by atoms with Crippen LogP contribution in [0.2, 0.25) is 0 Å². The van der Waals surface area contributed by atoms with Crippen LogP contribution in [-0.2, 0) is 30.4 Å². The number of hydrogen-bond donors (Lipinski definition) is 7. The highest BCUT2D eigenvalue weighted by atomic mass is 16.4. The third-order valence-electron chi connectivity index (χ3n) is 5.32. The first kappa shape index (κ1) is 26.8. The van der Waals surface area contributed by atoms with Gasteiger partial charge in [0.2, 0.25) is 17.7 Å². The zero-order valence-corrected chi connectivity index (χ0v) is 19.2. The third kappa shape index (κ3) is 8.46. The second-order valence-corrected chi connectivity index (χ2v) is 8.68. The number of aromatic amines is 1. The molecule has 0 saturated carbocycles. The number of carbonyl (C=O) groups excluding carboxylic acids is 3. The van der Waals surface area contributed by atoms with Crippen LogP contribution < -0.4 is 21.3 Å². The van der Waals surface area contributed by atoms with Gasteiger partial charge in [0.1, 0.15) is 18.1 Å². The predicted octanol–water partition coefficient (Wildman–Crippen LogP) is -1.24. The molecule has 1 fully saturated rings. The van der Waals surface area contributed by atoms with Gasteiger partial charge in [-0.15, -0.1) is 0 Å². The third-order valence-corrected chi connectivity index (χ3v) is 5.32. The molecule has 1 aliphatic heterocycles. The molecule has 0 bridgehead atoms. The summed E-state index contributed by atoms with van der Waals surface area (Å²) in [7, 11) is 0. The first-order valence-electron chi connectivity index (χ1n) is 11.1. The van der Waals surface area contributed by atoms with Gasteiger partial charge in [-0.05, 0) is 31.7 Å². The van der Waals surface area contributed by atoms with E-state index in [-0.39, 0.29) is 24.7 Å². The Hall–Kier alpha value is -3.48. The molecule has 188 valence electrons. The number of amides is 3. The molecule has 1 aromatic heterocycles. The van der Waals surface area contributed by atoms with Crippen LogP contribution in [0.3, 0.4) is 0 Å². The monoisotopic (exact) mass is 480 g/mol. The maximum atomic E-state index is 13.0. The molecule has 4 unspecified atom stereocenters. The van der Waals surface area contributed by atoms with Crippen molar-refractivity contribution in [2.75, 3.05) is 6.54 Å². The number of aromatic nitrogens is 2. The zero-order chi connectivity index (χ0) is 25.3. The Balaban J connectivity index is 2.10. The Bertz CT molecular complexity index is 867. The second kappa shape index (κ2) is 12.7. The number of carbonyl (C=O) groups is 5. The summed E-state index contributed by atoms with van der Waals surface area (Å²) in [5, 5.41) is 29.0. The quantitative estimate of drug-likeness (QED) is 0.180. The van der Waals surface area contributed by atoms with Gasteiger partial charge >= 0.3 is 11.9 Å². The minimum atomic E-state index is -1.54. The molecule has 7 N–H and O–H groups in total. The van der Waals surface area contributed by atoms with E-state index in [4.69, 9.17) is 0 Å². The number of aliphatic carboxylic acids is 2. The van der Waals surface area contributed by atoms with Crippen molar-refractivity contribution < 1.29 is 34.2 Å². The van der Waals surface area contributed by atoms with Crippen molar-refractivity contribution in [3.8, 4) is 0 Å². The topological polar surface area (TPSA) is 203 Å². The van der Waals surface area contributed by atoms with E-state index in [1.165, 1.54) is 12.5 Å². The molecule has 13 heteroatoms. The van der Waals surface area contributed by atoms with Gasteiger partial charge in [0, 0.05) is 18.3 Å². The van der Waals surface area contributed by atoms with Gasteiger partial charge in [0.05, 0.1) is 18.8 Å². The van der Waals surface area contributed by atoms with E-state index in [0.717, 1.165) is 6.42 Å².